The van der Waals surface area contributed by atoms with E-state index in [0.29, 0.717) is 0 Å². The molecule has 0 atom stereocenters. The van der Waals surface area contributed by atoms with Gasteiger partial charge >= 0.3 is 0 Å². The van der Waals surface area contributed by atoms with E-state index in [0.717, 1.165) is 6.07 Å². The second kappa shape index (κ2) is 7.07. The van der Waals surface area contributed by atoms with Crippen LogP contribution in [0, 0.1) is 0 Å². The maximum Gasteiger partial charge on any atom is 0.271 e. The molecule has 2 rings (SSSR count). The van der Waals surface area contributed by atoms with E-state index in [2.05, 4.69) is 20.8 Å². The van der Waals surface area contributed by atoms with Gasteiger partial charge in [-0.25, -0.2) is 5.10 Å². The van der Waals surface area contributed by atoms with Crippen molar-refractivity contribution >= 4 is 11.8 Å². The number of nitrogens with one attached hydrogen (secondary N) is 3. The topological polar surface area (TPSA) is 144 Å². The lowest BCUT2D eigenvalue weighted by molar-refractivity contribution is 0.0924. The van der Waals surface area contributed by atoms with E-state index < -0.39 is 17.4 Å². The van der Waals surface area contributed by atoms with Crippen molar-refractivity contribution < 1.29 is 19.8 Å². The van der Waals surface area contributed by atoms with Gasteiger partial charge in [0, 0.05) is 30.8 Å². The first-order chi connectivity index (χ1) is 11.0. The highest BCUT2D eigenvalue weighted by Crippen LogP contribution is 2.20. The number of carbonyl (C=O) groups excluding carboxylic acids is 2. The Kier molecular flexibility index (Phi) is 4.92. The van der Waals surface area contributed by atoms with E-state index in [-0.39, 0.29) is 35.8 Å². The van der Waals surface area contributed by atoms with Crippen molar-refractivity contribution in [1.29, 1.82) is 0 Å². The first kappa shape index (κ1) is 16.0. The Hall–Kier alpha value is -3.36. The molecular formula is C14H14N4O5. The maximum absolute atomic E-state index is 11.8. The van der Waals surface area contributed by atoms with Crippen LogP contribution in [-0.4, -0.2) is 45.3 Å². The molecule has 5 N–H and O–H groups in total. The van der Waals surface area contributed by atoms with Crippen molar-refractivity contribution in [3.63, 3.8) is 0 Å². The van der Waals surface area contributed by atoms with Crippen LogP contribution in [0.15, 0.2) is 35.1 Å². The fraction of sp³-hybridized carbons (Fsp3) is 0.143. The summed E-state index contributed by atoms with van der Waals surface area (Å²) in [6, 6.07) is 5.98. The van der Waals surface area contributed by atoms with Crippen LogP contribution in [0.2, 0.25) is 0 Å². The zero-order valence-electron chi connectivity index (χ0n) is 11.9. The van der Waals surface area contributed by atoms with Crippen LogP contribution in [0.25, 0.3) is 0 Å². The van der Waals surface area contributed by atoms with Gasteiger partial charge in [-0.15, -0.1) is 0 Å². The molecular weight excluding hydrogens is 304 g/mol. The minimum Gasteiger partial charge on any atom is -0.508 e. The van der Waals surface area contributed by atoms with Crippen LogP contribution in [0.4, 0.5) is 0 Å². The predicted molar refractivity (Wildman–Crippen MR) is 79.3 cm³/mol. The molecule has 0 bridgehead atoms. The van der Waals surface area contributed by atoms with E-state index in [1.54, 1.807) is 0 Å². The molecule has 9 nitrogen and oxygen atoms in total. The average molecular weight is 318 g/mol. The Morgan fingerprint density at radius 3 is 2.17 bits per heavy atom. The van der Waals surface area contributed by atoms with Crippen molar-refractivity contribution in [2.75, 3.05) is 13.1 Å². The lowest BCUT2D eigenvalue weighted by Gasteiger charge is -2.07. The van der Waals surface area contributed by atoms with Gasteiger partial charge in [0.15, 0.2) is 0 Å². The molecule has 2 amide bonds. The zero-order chi connectivity index (χ0) is 16.8. The number of aromatic amines is 1. The first-order valence-corrected chi connectivity index (χ1v) is 6.61. The third kappa shape index (κ3) is 4.56. The van der Waals surface area contributed by atoms with Crippen LogP contribution in [-0.2, 0) is 0 Å². The van der Waals surface area contributed by atoms with Crippen molar-refractivity contribution in [2.24, 2.45) is 0 Å². The molecule has 0 spiro atoms. The third-order valence-electron chi connectivity index (χ3n) is 2.77. The number of nitrogens with zero attached hydrogens (tertiary/aromatic N) is 1. The van der Waals surface area contributed by atoms with Crippen molar-refractivity contribution in [1.82, 2.24) is 20.8 Å². The lowest BCUT2D eigenvalue weighted by atomic mass is 10.2. The van der Waals surface area contributed by atoms with Gasteiger partial charge in [-0.3, -0.25) is 14.4 Å². The predicted octanol–water partition coefficient (Wildman–Crippen LogP) is -0.659. The van der Waals surface area contributed by atoms with Crippen molar-refractivity contribution in [2.45, 2.75) is 0 Å². The Bertz CT molecular complexity index is 746. The number of phenols is 2. The molecule has 1 aromatic heterocycles. The first-order valence-electron chi connectivity index (χ1n) is 6.61. The summed E-state index contributed by atoms with van der Waals surface area (Å²) >= 11 is 0. The molecule has 0 saturated carbocycles. The van der Waals surface area contributed by atoms with E-state index in [1.807, 2.05) is 0 Å². The number of phenolic OH excluding ortho intramolecular Hbond substituents is 2. The Morgan fingerprint density at radius 1 is 1.00 bits per heavy atom. The largest absolute Gasteiger partial charge is 0.508 e. The number of hydrogen-bond donors (Lipinski definition) is 5. The quantitative estimate of drug-likeness (QED) is 0.463. The van der Waals surface area contributed by atoms with Gasteiger partial charge in [0.2, 0.25) is 0 Å². The standard InChI is InChI=1S/C14H14N4O5/c19-9-5-8(6-10(20)7-9)13(22)15-3-4-16-14(23)11-1-2-12(21)18-17-11/h1-2,5-7,19-20H,3-4H2,(H,15,22)(H,16,23)(H,18,21). The molecule has 1 heterocycles. The summed E-state index contributed by atoms with van der Waals surface area (Å²) in [4.78, 5) is 34.3. The van der Waals surface area contributed by atoms with Gasteiger partial charge in [0.25, 0.3) is 17.4 Å². The van der Waals surface area contributed by atoms with Crippen LogP contribution in [0.5, 0.6) is 11.5 Å². The van der Waals surface area contributed by atoms with Gasteiger partial charge in [0.05, 0.1) is 0 Å². The van der Waals surface area contributed by atoms with Crippen molar-refractivity contribution in [3.8, 4) is 11.5 Å². The molecule has 1 aromatic carbocycles. The summed E-state index contributed by atoms with van der Waals surface area (Å²) in [6.45, 7) is 0.264. The number of aromatic nitrogens is 2. The number of H-pyrrole nitrogens is 1. The summed E-state index contributed by atoms with van der Waals surface area (Å²) in [5.41, 5.74) is -0.270. The summed E-state index contributed by atoms with van der Waals surface area (Å²) in [7, 11) is 0. The van der Waals surface area contributed by atoms with E-state index in [9.17, 15) is 24.6 Å². The molecule has 0 fully saturated rings. The number of hydrogen-bond acceptors (Lipinski definition) is 6. The SMILES string of the molecule is O=C(NCCNC(=O)c1ccc(=O)[nH]n1)c1cc(O)cc(O)c1. The average Bonchev–Trinajstić information content (AvgIpc) is 2.50. The smallest absolute Gasteiger partial charge is 0.271 e. The van der Waals surface area contributed by atoms with Crippen LogP contribution >= 0.6 is 0 Å². The Labute approximate surface area is 130 Å². The Morgan fingerprint density at radius 2 is 1.61 bits per heavy atom. The molecule has 0 aliphatic carbocycles. The van der Waals surface area contributed by atoms with Gasteiger partial charge < -0.3 is 20.8 Å². The van der Waals surface area contributed by atoms with Crippen LogP contribution in [0.1, 0.15) is 20.8 Å². The van der Waals surface area contributed by atoms with E-state index >= 15 is 0 Å². The van der Waals surface area contributed by atoms with Gasteiger partial charge in [-0.2, -0.15) is 5.10 Å². The third-order valence-corrected chi connectivity index (χ3v) is 2.77. The van der Waals surface area contributed by atoms with Crippen LogP contribution < -0.4 is 16.2 Å². The van der Waals surface area contributed by atoms with Gasteiger partial charge in [-0.05, 0) is 18.2 Å². The molecule has 0 saturated heterocycles. The number of carbonyl (C=O) groups is 2. The summed E-state index contributed by atoms with van der Waals surface area (Å²) < 4.78 is 0. The van der Waals surface area contributed by atoms with Gasteiger partial charge in [-0.1, -0.05) is 0 Å². The minimum atomic E-state index is -0.507. The lowest BCUT2D eigenvalue weighted by Crippen LogP contribution is -2.35. The number of aromatic hydroxyl groups is 2. The van der Waals surface area contributed by atoms with Crippen molar-refractivity contribution in [3.05, 3.63) is 51.9 Å². The molecule has 9 heteroatoms. The highest BCUT2D eigenvalue weighted by atomic mass is 16.3. The molecule has 0 radical (unpaired) electrons. The minimum absolute atomic E-state index is 0.0498. The highest BCUT2D eigenvalue weighted by Gasteiger charge is 2.09. The Balaban J connectivity index is 1.80. The zero-order valence-corrected chi connectivity index (χ0v) is 11.9. The van der Waals surface area contributed by atoms with Gasteiger partial charge in [0.1, 0.15) is 17.2 Å². The highest BCUT2D eigenvalue weighted by molar-refractivity contribution is 5.95. The van der Waals surface area contributed by atoms with E-state index in [1.165, 1.54) is 24.3 Å². The number of amides is 2. The maximum atomic E-state index is 11.8. The molecule has 120 valence electrons. The molecule has 0 aliphatic heterocycles. The fourth-order valence-corrected chi connectivity index (χ4v) is 1.74. The normalized spacial score (nSPS) is 10.1. The molecule has 0 unspecified atom stereocenters. The molecule has 2 aromatic rings. The second-order valence-electron chi connectivity index (χ2n) is 4.56. The van der Waals surface area contributed by atoms with Crippen LogP contribution in [0.3, 0.4) is 0 Å². The molecule has 23 heavy (non-hydrogen) atoms. The summed E-state index contributed by atoms with van der Waals surface area (Å²) in [6.07, 6.45) is 0. The number of benzene rings is 1. The number of rotatable bonds is 5. The monoisotopic (exact) mass is 318 g/mol. The molecule has 0 aliphatic rings. The summed E-state index contributed by atoms with van der Waals surface area (Å²) in [5, 5.41) is 29.3. The fourth-order valence-electron chi connectivity index (χ4n) is 1.74. The van der Waals surface area contributed by atoms with E-state index in [4.69, 9.17) is 0 Å². The second-order valence-corrected chi connectivity index (χ2v) is 4.56. The summed E-state index contributed by atoms with van der Waals surface area (Å²) in [5.74, 6) is -1.46.